The molecule has 0 spiro atoms. The molecule has 8 aromatic rings. The molecule has 0 fully saturated rings. The van der Waals surface area contributed by atoms with Gasteiger partial charge in [-0.2, -0.15) is 0 Å². The van der Waals surface area contributed by atoms with Crippen molar-refractivity contribution in [1.82, 2.24) is 0 Å². The molecule has 64 heavy (non-hydrogen) atoms. The largest absolute Gasteiger partial charge is 0.310 e. The molecule has 314 valence electrons. The molecular formula is C62H55NS. The summed E-state index contributed by atoms with van der Waals surface area (Å²) in [5, 5.41) is 0. The fourth-order valence-electron chi connectivity index (χ4n) is 11.4. The fourth-order valence-corrected chi connectivity index (χ4v) is 15.8. The first-order valence-corrected chi connectivity index (χ1v) is 24.8. The van der Waals surface area contributed by atoms with Gasteiger partial charge in [-0.05, 0) is 128 Å². The zero-order valence-electron chi connectivity index (χ0n) is 37.8. The van der Waals surface area contributed by atoms with Gasteiger partial charge in [-0.15, -0.1) is 10.0 Å². The molecule has 1 nitrogen and oxygen atoms in total. The van der Waals surface area contributed by atoms with Gasteiger partial charge in [0.1, 0.15) is 0 Å². The molecule has 2 heteroatoms. The summed E-state index contributed by atoms with van der Waals surface area (Å²) < 4.78 is 0. The Morgan fingerprint density at radius 2 is 0.922 bits per heavy atom. The average Bonchev–Trinajstić information content (AvgIpc) is 3.88. The van der Waals surface area contributed by atoms with Crippen molar-refractivity contribution < 1.29 is 0 Å². The molecule has 1 atom stereocenters. The quantitative estimate of drug-likeness (QED) is 0.161. The first-order valence-electron chi connectivity index (χ1n) is 23.2. The highest BCUT2D eigenvalue weighted by Gasteiger charge is 2.44. The van der Waals surface area contributed by atoms with Gasteiger partial charge < -0.3 is 4.90 Å². The van der Waals surface area contributed by atoms with Crippen molar-refractivity contribution in [2.45, 2.75) is 79.9 Å². The van der Waals surface area contributed by atoms with E-state index in [1.807, 2.05) is 13.8 Å². The molecule has 8 aromatic carbocycles. The molecule has 4 aliphatic rings. The van der Waals surface area contributed by atoms with Crippen LogP contribution in [0, 0.1) is 0 Å². The molecular weight excluding hydrogens is 791 g/mol. The van der Waals surface area contributed by atoms with Crippen LogP contribution >= 0.6 is 10.0 Å². The lowest BCUT2D eigenvalue weighted by molar-refractivity contribution is 0.660. The van der Waals surface area contributed by atoms with Crippen LogP contribution in [0.4, 0.5) is 17.1 Å². The monoisotopic (exact) mass is 845 g/mol. The highest BCUT2D eigenvalue weighted by atomic mass is 32.3. The Labute approximate surface area is 381 Å². The summed E-state index contributed by atoms with van der Waals surface area (Å²) in [6.45, 7) is 13.5. The van der Waals surface area contributed by atoms with E-state index in [1.54, 1.807) is 0 Å². The van der Waals surface area contributed by atoms with Crippen LogP contribution in [-0.4, -0.2) is 0 Å². The Balaban J connectivity index is 0.00000225. The lowest BCUT2D eigenvalue weighted by atomic mass is 9.82. The molecule has 1 aliphatic heterocycles. The van der Waals surface area contributed by atoms with E-state index in [0.717, 1.165) is 12.8 Å². The number of allylic oxidation sites excluding steroid dienone is 3. The Hall–Kier alpha value is -6.61. The van der Waals surface area contributed by atoms with Crippen molar-refractivity contribution in [2.75, 3.05) is 4.90 Å². The number of anilines is 3. The van der Waals surface area contributed by atoms with Gasteiger partial charge in [0.05, 0.1) is 5.69 Å². The van der Waals surface area contributed by atoms with Crippen LogP contribution in [0.25, 0.3) is 44.5 Å². The number of nitrogens with zero attached hydrogens (tertiary/aromatic N) is 1. The summed E-state index contributed by atoms with van der Waals surface area (Å²) in [6, 6.07) is 69.3. The van der Waals surface area contributed by atoms with E-state index in [2.05, 4.69) is 233 Å². The van der Waals surface area contributed by atoms with Gasteiger partial charge in [-0.1, -0.05) is 187 Å². The van der Waals surface area contributed by atoms with E-state index in [1.165, 1.54) is 103 Å². The van der Waals surface area contributed by atoms with Gasteiger partial charge in [0.15, 0.2) is 0 Å². The van der Waals surface area contributed by atoms with Crippen LogP contribution in [0.2, 0.25) is 0 Å². The number of hydrogen-bond donors (Lipinski definition) is 0. The topological polar surface area (TPSA) is 3.24 Å². The van der Waals surface area contributed by atoms with E-state index in [-0.39, 0.29) is 10.8 Å². The minimum atomic E-state index is -1.76. The lowest BCUT2D eigenvalue weighted by Crippen LogP contribution is -2.18. The van der Waals surface area contributed by atoms with Crippen LogP contribution < -0.4 is 4.90 Å². The maximum Gasteiger partial charge on any atom is 0.0540 e. The normalized spacial score (nSPS) is 18.4. The first-order chi connectivity index (χ1) is 31.3. The van der Waals surface area contributed by atoms with Crippen molar-refractivity contribution in [1.29, 1.82) is 0 Å². The zero-order valence-corrected chi connectivity index (χ0v) is 38.6. The molecule has 3 aliphatic carbocycles. The van der Waals surface area contributed by atoms with Gasteiger partial charge >= 0.3 is 0 Å². The highest BCUT2D eigenvalue weighted by molar-refractivity contribution is 8.37. The summed E-state index contributed by atoms with van der Waals surface area (Å²) in [5.41, 5.74) is 19.3. The Morgan fingerprint density at radius 1 is 0.422 bits per heavy atom. The number of rotatable bonds is 6. The van der Waals surface area contributed by atoms with Gasteiger partial charge in [0.2, 0.25) is 0 Å². The number of fused-ring (bicyclic) bond motifs is 9. The fraction of sp³-hybridized carbons (Fsp3) is 0.161. The number of hydrogen-bond acceptors (Lipinski definition) is 1. The van der Waals surface area contributed by atoms with Crippen molar-refractivity contribution in [2.24, 2.45) is 0 Å². The maximum atomic E-state index is 2.55. The SMILES string of the molecule is CC.CC1(C)c2ccccc2-c2ccc(N(c3ccc4c(c3)C(C)(C)c3ccccc3-4)c3ccccc3-c3cccc4c3-c3ccccc3S4(C3=CCCC=C3)c3ccccc3)cc21. The van der Waals surface area contributed by atoms with E-state index in [4.69, 9.17) is 0 Å². The van der Waals surface area contributed by atoms with Crippen molar-refractivity contribution in [3.63, 3.8) is 0 Å². The lowest BCUT2D eigenvalue weighted by Gasteiger charge is -2.41. The molecule has 1 heterocycles. The first kappa shape index (κ1) is 40.2. The highest BCUT2D eigenvalue weighted by Crippen LogP contribution is 2.81. The van der Waals surface area contributed by atoms with E-state index < -0.39 is 10.0 Å². The summed E-state index contributed by atoms with van der Waals surface area (Å²) in [6.07, 6.45) is 9.49. The van der Waals surface area contributed by atoms with Gasteiger partial charge in [-0.3, -0.25) is 0 Å². The molecule has 0 aromatic heterocycles. The van der Waals surface area contributed by atoms with Crippen LogP contribution in [0.1, 0.15) is 76.6 Å². The van der Waals surface area contributed by atoms with Gasteiger partial charge in [0, 0.05) is 48.0 Å². The third kappa shape index (κ3) is 5.71. The van der Waals surface area contributed by atoms with Crippen LogP contribution in [-0.2, 0) is 10.8 Å². The Morgan fingerprint density at radius 3 is 1.53 bits per heavy atom. The minimum absolute atomic E-state index is 0.134. The molecule has 1 unspecified atom stereocenters. The third-order valence-corrected chi connectivity index (χ3v) is 18.3. The van der Waals surface area contributed by atoms with Crippen LogP contribution in [0.5, 0.6) is 0 Å². The predicted octanol–water partition coefficient (Wildman–Crippen LogP) is 18.0. The molecule has 12 rings (SSSR count). The Bertz CT molecular complexity index is 3090. The van der Waals surface area contributed by atoms with Crippen molar-refractivity contribution in [3.8, 4) is 44.5 Å². The Kier molecular flexibility index (Phi) is 9.60. The maximum absolute atomic E-state index is 2.55. The van der Waals surface area contributed by atoms with Crippen molar-refractivity contribution in [3.05, 3.63) is 227 Å². The summed E-state index contributed by atoms with van der Waals surface area (Å²) >= 11 is 0. The number of benzene rings is 8. The third-order valence-electron chi connectivity index (χ3n) is 14.3. The summed E-state index contributed by atoms with van der Waals surface area (Å²) in [5.74, 6) is 0. The van der Waals surface area contributed by atoms with E-state index >= 15 is 0 Å². The molecule has 0 saturated heterocycles. The molecule has 0 amide bonds. The predicted molar refractivity (Wildman–Crippen MR) is 274 cm³/mol. The average molecular weight is 846 g/mol. The molecule has 0 N–H and O–H groups in total. The minimum Gasteiger partial charge on any atom is -0.310 e. The zero-order chi connectivity index (χ0) is 43.8. The molecule has 0 saturated carbocycles. The summed E-state index contributed by atoms with van der Waals surface area (Å²) in [4.78, 5) is 8.24. The summed E-state index contributed by atoms with van der Waals surface area (Å²) in [7, 11) is -1.76. The second-order valence-corrected chi connectivity index (χ2v) is 21.4. The van der Waals surface area contributed by atoms with E-state index in [9.17, 15) is 0 Å². The number of para-hydroxylation sites is 1. The van der Waals surface area contributed by atoms with Gasteiger partial charge in [-0.25, -0.2) is 0 Å². The van der Waals surface area contributed by atoms with Crippen molar-refractivity contribution >= 4 is 27.1 Å². The van der Waals surface area contributed by atoms with Gasteiger partial charge in [0.25, 0.3) is 0 Å². The molecule has 0 radical (unpaired) electrons. The smallest absolute Gasteiger partial charge is 0.0540 e. The van der Waals surface area contributed by atoms with E-state index in [0.29, 0.717) is 0 Å². The second kappa shape index (κ2) is 15.3. The molecule has 0 bridgehead atoms. The second-order valence-electron chi connectivity index (χ2n) is 18.3. The standard InChI is InChI=1S/C60H49NS.C2H6/c1-59(2)51-29-15-11-24-44(51)46-36-34-40(38-53(46)59)61(41-35-37-47-45-25-12-16-30-52(45)60(3,4)54(47)39-41)55-31-17-13-26-48(55)49-28-19-33-57-58(49)50-27-14-18-32-56(50)62(57,42-20-7-5-8-21-42)43-22-9-6-10-23-43;1-2/h5,7-9,11-39H,6,10H2,1-4H3;1-2H3. The van der Waals surface area contributed by atoms with Crippen LogP contribution in [0.3, 0.4) is 0 Å². The van der Waals surface area contributed by atoms with Crippen LogP contribution in [0.15, 0.2) is 220 Å².